The molecule has 0 saturated carbocycles. The number of hydrogen-bond acceptors (Lipinski definition) is 5. The maximum Gasteiger partial charge on any atom is 0.410 e. The Morgan fingerprint density at radius 1 is 1.26 bits per heavy atom. The number of amides is 3. The fraction of sp³-hybridized carbons (Fsp3) is 0.565. The summed E-state index contributed by atoms with van der Waals surface area (Å²) in [6, 6.07) is 8.81. The smallest absolute Gasteiger partial charge is 0.410 e. The largest absolute Gasteiger partial charge is 0.444 e. The molecule has 2 aliphatic rings. The minimum absolute atomic E-state index is 0.150. The van der Waals surface area contributed by atoms with E-state index in [1.54, 1.807) is 39.0 Å². The molecule has 1 aromatic rings. The lowest BCUT2D eigenvalue weighted by atomic mass is 9.95. The molecule has 3 amide bonds. The molecule has 1 atom stereocenters. The van der Waals surface area contributed by atoms with Crippen LogP contribution in [-0.2, 0) is 9.53 Å². The third-order valence-corrected chi connectivity index (χ3v) is 5.60. The van der Waals surface area contributed by atoms with Crippen molar-refractivity contribution in [3.63, 3.8) is 0 Å². The van der Waals surface area contributed by atoms with Crippen LogP contribution in [0.3, 0.4) is 0 Å². The van der Waals surface area contributed by atoms with Gasteiger partial charge in [-0.1, -0.05) is 6.07 Å². The monoisotopic (exact) mass is 426 g/mol. The Morgan fingerprint density at radius 2 is 1.97 bits per heavy atom. The first-order chi connectivity index (χ1) is 14.7. The SMILES string of the molecule is CC(C)(C)OC(=O)N1CCC(CN2CC(C=O)CN(c3cccc(C#N)c3)C2=O)CC1. The van der Waals surface area contributed by atoms with Gasteiger partial charge in [-0.15, -0.1) is 0 Å². The summed E-state index contributed by atoms with van der Waals surface area (Å²) < 4.78 is 5.44. The number of carbonyl (C=O) groups excluding carboxylic acids is 3. The molecule has 0 radical (unpaired) electrons. The van der Waals surface area contributed by atoms with Gasteiger partial charge in [0.25, 0.3) is 0 Å². The maximum atomic E-state index is 13.2. The first-order valence-electron chi connectivity index (χ1n) is 10.7. The average molecular weight is 427 g/mol. The number of likely N-dealkylation sites (tertiary alicyclic amines) is 1. The molecule has 166 valence electrons. The van der Waals surface area contributed by atoms with Crippen molar-refractivity contribution in [1.29, 1.82) is 5.26 Å². The summed E-state index contributed by atoms with van der Waals surface area (Å²) in [6.45, 7) is 7.97. The standard InChI is InChI=1S/C23H30N4O4/c1-23(2,3)31-22(30)25-9-7-17(8-10-25)13-26-14-19(16-28)15-27(21(26)29)20-6-4-5-18(11-20)12-24/h4-6,11,16-17,19H,7-10,13-15H2,1-3H3. The number of carbonyl (C=O) groups is 3. The van der Waals surface area contributed by atoms with Crippen LogP contribution in [-0.4, -0.2) is 66.5 Å². The van der Waals surface area contributed by atoms with Crippen LogP contribution in [0.4, 0.5) is 15.3 Å². The summed E-state index contributed by atoms with van der Waals surface area (Å²) >= 11 is 0. The highest BCUT2D eigenvalue weighted by atomic mass is 16.6. The van der Waals surface area contributed by atoms with Crippen LogP contribution >= 0.6 is 0 Å². The van der Waals surface area contributed by atoms with Crippen molar-refractivity contribution in [1.82, 2.24) is 9.80 Å². The van der Waals surface area contributed by atoms with Gasteiger partial charge >= 0.3 is 12.1 Å². The quantitative estimate of drug-likeness (QED) is 0.689. The zero-order chi connectivity index (χ0) is 22.6. The van der Waals surface area contributed by atoms with E-state index < -0.39 is 5.60 Å². The van der Waals surface area contributed by atoms with E-state index in [0.717, 1.165) is 19.1 Å². The maximum absolute atomic E-state index is 13.2. The lowest BCUT2D eigenvalue weighted by molar-refractivity contribution is -0.111. The number of ether oxygens (including phenoxy) is 1. The van der Waals surface area contributed by atoms with Crippen molar-refractivity contribution < 1.29 is 19.1 Å². The van der Waals surface area contributed by atoms with Gasteiger partial charge in [-0.2, -0.15) is 5.26 Å². The number of aldehydes is 1. The molecule has 1 aromatic carbocycles. The predicted octanol–water partition coefficient (Wildman–Crippen LogP) is 3.26. The molecule has 2 heterocycles. The molecule has 0 aliphatic carbocycles. The first-order valence-corrected chi connectivity index (χ1v) is 10.7. The molecular formula is C23H30N4O4. The number of rotatable bonds is 4. The van der Waals surface area contributed by atoms with Crippen LogP contribution in [0, 0.1) is 23.2 Å². The van der Waals surface area contributed by atoms with Crippen LogP contribution in [0.5, 0.6) is 0 Å². The van der Waals surface area contributed by atoms with E-state index in [-0.39, 0.29) is 24.0 Å². The van der Waals surface area contributed by atoms with Crippen LogP contribution in [0.2, 0.25) is 0 Å². The summed E-state index contributed by atoms with van der Waals surface area (Å²) in [4.78, 5) is 42.0. The van der Waals surface area contributed by atoms with Crippen molar-refractivity contribution in [2.24, 2.45) is 11.8 Å². The normalized spacial score (nSPS) is 20.4. The lowest BCUT2D eigenvalue weighted by Gasteiger charge is -2.41. The Kier molecular flexibility index (Phi) is 6.84. The Bertz CT molecular complexity index is 865. The third kappa shape index (κ3) is 5.75. The first kappa shape index (κ1) is 22.6. The molecule has 2 aliphatic heterocycles. The zero-order valence-corrected chi connectivity index (χ0v) is 18.4. The van der Waals surface area contributed by atoms with E-state index in [1.165, 1.54) is 0 Å². The van der Waals surface area contributed by atoms with Gasteiger partial charge in [-0.05, 0) is 57.7 Å². The molecular weight excluding hydrogens is 396 g/mol. The lowest BCUT2D eigenvalue weighted by Crippen LogP contribution is -2.55. The van der Waals surface area contributed by atoms with Gasteiger partial charge in [0, 0.05) is 38.4 Å². The van der Waals surface area contributed by atoms with Crippen molar-refractivity contribution in [3.8, 4) is 6.07 Å². The molecule has 0 spiro atoms. The zero-order valence-electron chi connectivity index (χ0n) is 18.4. The van der Waals surface area contributed by atoms with E-state index in [0.29, 0.717) is 44.0 Å². The number of nitrogens with zero attached hydrogens (tertiary/aromatic N) is 4. The molecule has 0 bridgehead atoms. The molecule has 0 aromatic heterocycles. The summed E-state index contributed by atoms with van der Waals surface area (Å²) in [5, 5.41) is 9.16. The van der Waals surface area contributed by atoms with Crippen LogP contribution in [0.1, 0.15) is 39.2 Å². The van der Waals surface area contributed by atoms with E-state index in [2.05, 4.69) is 6.07 Å². The van der Waals surface area contributed by atoms with Gasteiger partial charge < -0.3 is 19.3 Å². The number of urea groups is 1. The number of anilines is 1. The highest BCUT2D eigenvalue weighted by molar-refractivity contribution is 5.94. The van der Waals surface area contributed by atoms with E-state index in [4.69, 9.17) is 10.00 Å². The predicted molar refractivity (Wildman–Crippen MR) is 116 cm³/mol. The topological polar surface area (TPSA) is 93.9 Å². The number of benzene rings is 1. The highest BCUT2D eigenvalue weighted by Crippen LogP contribution is 2.26. The van der Waals surface area contributed by atoms with Crippen LogP contribution in [0.15, 0.2) is 24.3 Å². The number of piperidine rings is 1. The van der Waals surface area contributed by atoms with Crippen molar-refractivity contribution >= 4 is 24.1 Å². The highest BCUT2D eigenvalue weighted by Gasteiger charge is 2.35. The number of hydrogen-bond donors (Lipinski definition) is 0. The minimum atomic E-state index is -0.524. The molecule has 0 N–H and O–H groups in total. The van der Waals surface area contributed by atoms with Crippen LogP contribution < -0.4 is 4.90 Å². The van der Waals surface area contributed by atoms with E-state index in [1.807, 2.05) is 20.8 Å². The molecule has 31 heavy (non-hydrogen) atoms. The van der Waals surface area contributed by atoms with Crippen LogP contribution in [0.25, 0.3) is 0 Å². The average Bonchev–Trinajstić information content (AvgIpc) is 2.74. The van der Waals surface area contributed by atoms with Gasteiger partial charge in [0.2, 0.25) is 0 Å². The second-order valence-electron chi connectivity index (χ2n) is 9.27. The molecule has 3 rings (SSSR count). The Labute approximate surface area is 183 Å². The van der Waals surface area contributed by atoms with E-state index >= 15 is 0 Å². The van der Waals surface area contributed by atoms with Crippen molar-refractivity contribution in [3.05, 3.63) is 29.8 Å². The molecule has 1 unspecified atom stereocenters. The Hall–Kier alpha value is -3.08. The molecule has 8 nitrogen and oxygen atoms in total. The molecule has 8 heteroatoms. The summed E-state index contributed by atoms with van der Waals surface area (Å²) in [5.41, 5.74) is 0.574. The van der Waals surface area contributed by atoms with Gasteiger partial charge in [-0.3, -0.25) is 4.90 Å². The molecule has 2 fully saturated rings. The second kappa shape index (κ2) is 9.38. The molecule has 2 saturated heterocycles. The van der Waals surface area contributed by atoms with Gasteiger partial charge in [0.15, 0.2) is 0 Å². The Balaban J connectivity index is 1.63. The minimum Gasteiger partial charge on any atom is -0.444 e. The Morgan fingerprint density at radius 3 is 2.58 bits per heavy atom. The van der Waals surface area contributed by atoms with E-state index in [9.17, 15) is 14.4 Å². The third-order valence-electron chi connectivity index (χ3n) is 5.60. The summed E-state index contributed by atoms with van der Waals surface area (Å²) in [5.74, 6) is -0.0365. The number of nitriles is 1. The fourth-order valence-electron chi connectivity index (χ4n) is 4.04. The van der Waals surface area contributed by atoms with Crippen molar-refractivity contribution in [2.75, 3.05) is 37.6 Å². The van der Waals surface area contributed by atoms with Gasteiger partial charge in [-0.25, -0.2) is 9.59 Å². The second-order valence-corrected chi connectivity index (χ2v) is 9.27. The summed E-state index contributed by atoms with van der Waals surface area (Å²) in [6.07, 6.45) is 2.15. The fourth-order valence-corrected chi connectivity index (χ4v) is 4.04. The van der Waals surface area contributed by atoms with Gasteiger partial charge in [0.05, 0.1) is 17.6 Å². The summed E-state index contributed by atoms with van der Waals surface area (Å²) in [7, 11) is 0. The van der Waals surface area contributed by atoms with Gasteiger partial charge in [0.1, 0.15) is 11.9 Å². The van der Waals surface area contributed by atoms with Crippen molar-refractivity contribution in [2.45, 2.75) is 39.2 Å².